The SMILES string of the molecule is O=C1OCCC1C1(Cl)CCCCC1. The predicted molar refractivity (Wildman–Crippen MR) is 50.7 cm³/mol. The van der Waals surface area contributed by atoms with Crippen LogP contribution in [0.3, 0.4) is 0 Å². The number of halogens is 1. The molecule has 0 bridgehead atoms. The van der Waals surface area contributed by atoms with E-state index in [9.17, 15) is 4.79 Å². The zero-order valence-electron chi connectivity index (χ0n) is 7.72. The summed E-state index contributed by atoms with van der Waals surface area (Å²) < 4.78 is 4.96. The molecule has 1 atom stereocenters. The zero-order valence-corrected chi connectivity index (χ0v) is 8.48. The Hall–Kier alpha value is -0.240. The van der Waals surface area contributed by atoms with Crippen LogP contribution in [0.15, 0.2) is 0 Å². The van der Waals surface area contributed by atoms with Crippen molar-refractivity contribution < 1.29 is 9.53 Å². The highest BCUT2D eigenvalue weighted by Crippen LogP contribution is 2.43. The van der Waals surface area contributed by atoms with E-state index in [-0.39, 0.29) is 16.8 Å². The van der Waals surface area contributed by atoms with Crippen molar-refractivity contribution in [2.75, 3.05) is 6.61 Å². The topological polar surface area (TPSA) is 26.3 Å². The largest absolute Gasteiger partial charge is 0.465 e. The highest BCUT2D eigenvalue weighted by Gasteiger charge is 2.45. The minimum atomic E-state index is -0.272. The molecule has 1 heterocycles. The number of alkyl halides is 1. The average Bonchev–Trinajstić information content (AvgIpc) is 2.53. The fourth-order valence-electron chi connectivity index (χ4n) is 2.45. The smallest absolute Gasteiger partial charge is 0.310 e. The fraction of sp³-hybridized carbons (Fsp3) is 0.900. The number of cyclic esters (lactones) is 1. The summed E-state index contributed by atoms with van der Waals surface area (Å²) in [6.45, 7) is 0.567. The highest BCUT2D eigenvalue weighted by molar-refractivity contribution is 6.25. The number of carbonyl (C=O) groups is 1. The minimum absolute atomic E-state index is 0.0329. The number of rotatable bonds is 1. The second-order valence-corrected chi connectivity index (χ2v) is 4.86. The Kier molecular flexibility index (Phi) is 2.50. The van der Waals surface area contributed by atoms with Crippen LogP contribution in [0.1, 0.15) is 38.5 Å². The molecule has 0 aromatic rings. The van der Waals surface area contributed by atoms with E-state index >= 15 is 0 Å². The van der Waals surface area contributed by atoms with Gasteiger partial charge in [-0.1, -0.05) is 19.3 Å². The van der Waals surface area contributed by atoms with Gasteiger partial charge < -0.3 is 4.74 Å². The maximum atomic E-state index is 11.4. The van der Waals surface area contributed by atoms with E-state index in [1.807, 2.05) is 0 Å². The van der Waals surface area contributed by atoms with Crippen LogP contribution in [0.5, 0.6) is 0 Å². The number of hydrogen-bond donors (Lipinski definition) is 0. The highest BCUT2D eigenvalue weighted by atomic mass is 35.5. The lowest BCUT2D eigenvalue weighted by Crippen LogP contribution is -2.36. The molecule has 1 aliphatic heterocycles. The molecule has 2 fully saturated rings. The summed E-state index contributed by atoms with van der Waals surface area (Å²) >= 11 is 6.48. The summed E-state index contributed by atoms with van der Waals surface area (Å²) in [4.78, 5) is 11.1. The monoisotopic (exact) mass is 202 g/mol. The van der Waals surface area contributed by atoms with Gasteiger partial charge in [-0.15, -0.1) is 11.6 Å². The van der Waals surface area contributed by atoms with Crippen LogP contribution >= 0.6 is 11.6 Å². The molecule has 1 saturated heterocycles. The van der Waals surface area contributed by atoms with E-state index in [0.717, 1.165) is 32.1 Å². The molecule has 74 valence electrons. The summed E-state index contributed by atoms with van der Waals surface area (Å²) in [6, 6.07) is 0. The second kappa shape index (κ2) is 3.49. The van der Waals surface area contributed by atoms with E-state index in [0.29, 0.717) is 6.61 Å². The molecule has 2 rings (SSSR count). The van der Waals surface area contributed by atoms with Crippen molar-refractivity contribution in [3.8, 4) is 0 Å². The first-order valence-electron chi connectivity index (χ1n) is 5.08. The van der Waals surface area contributed by atoms with Crippen LogP contribution in [0, 0.1) is 5.92 Å². The van der Waals surface area contributed by atoms with Gasteiger partial charge in [0.1, 0.15) is 0 Å². The van der Waals surface area contributed by atoms with E-state index in [1.165, 1.54) is 6.42 Å². The maximum absolute atomic E-state index is 11.4. The lowest BCUT2D eigenvalue weighted by atomic mass is 9.78. The van der Waals surface area contributed by atoms with Gasteiger partial charge in [-0.3, -0.25) is 4.79 Å². The Morgan fingerprint density at radius 2 is 2.00 bits per heavy atom. The molecule has 0 aromatic heterocycles. The summed E-state index contributed by atoms with van der Waals surface area (Å²) in [5.41, 5.74) is 0. The van der Waals surface area contributed by atoms with E-state index in [2.05, 4.69) is 0 Å². The molecule has 0 spiro atoms. The molecule has 0 amide bonds. The quantitative estimate of drug-likeness (QED) is 0.483. The third kappa shape index (κ3) is 1.69. The summed E-state index contributed by atoms with van der Waals surface area (Å²) in [7, 11) is 0. The molecule has 13 heavy (non-hydrogen) atoms. The van der Waals surface area contributed by atoms with Crippen LogP contribution in [0.4, 0.5) is 0 Å². The molecular weight excluding hydrogens is 188 g/mol. The Bertz CT molecular complexity index is 209. The van der Waals surface area contributed by atoms with Gasteiger partial charge in [0.2, 0.25) is 0 Å². The maximum Gasteiger partial charge on any atom is 0.310 e. The van der Waals surface area contributed by atoms with Crippen molar-refractivity contribution in [3.63, 3.8) is 0 Å². The number of hydrogen-bond acceptors (Lipinski definition) is 2. The van der Waals surface area contributed by atoms with Gasteiger partial charge in [0.25, 0.3) is 0 Å². The van der Waals surface area contributed by atoms with Gasteiger partial charge in [0.15, 0.2) is 0 Å². The molecule has 0 aromatic carbocycles. The minimum Gasteiger partial charge on any atom is -0.465 e. The van der Waals surface area contributed by atoms with Gasteiger partial charge in [0.05, 0.1) is 17.4 Å². The van der Waals surface area contributed by atoms with Crippen molar-refractivity contribution in [3.05, 3.63) is 0 Å². The van der Waals surface area contributed by atoms with Crippen molar-refractivity contribution in [2.45, 2.75) is 43.4 Å². The van der Waals surface area contributed by atoms with E-state index in [1.54, 1.807) is 0 Å². The number of ether oxygens (including phenoxy) is 1. The summed E-state index contributed by atoms with van der Waals surface area (Å²) in [6.07, 6.45) is 6.36. The van der Waals surface area contributed by atoms with Gasteiger partial charge in [-0.05, 0) is 19.3 Å². The van der Waals surface area contributed by atoms with Crippen LogP contribution in [-0.2, 0) is 9.53 Å². The first kappa shape index (κ1) is 9.32. The first-order chi connectivity index (χ1) is 6.22. The van der Waals surface area contributed by atoms with Crippen molar-refractivity contribution >= 4 is 17.6 Å². The number of esters is 1. The third-order valence-corrected chi connectivity index (χ3v) is 3.89. The molecule has 1 saturated carbocycles. The lowest BCUT2D eigenvalue weighted by Gasteiger charge is -2.34. The Labute approximate surface area is 83.6 Å². The van der Waals surface area contributed by atoms with Gasteiger partial charge in [-0.25, -0.2) is 0 Å². The molecule has 2 aliphatic rings. The number of carbonyl (C=O) groups excluding carboxylic acids is 1. The Balaban J connectivity index is 2.07. The fourth-order valence-corrected chi connectivity index (χ4v) is 2.92. The van der Waals surface area contributed by atoms with Crippen molar-refractivity contribution in [1.82, 2.24) is 0 Å². The van der Waals surface area contributed by atoms with Crippen molar-refractivity contribution in [2.24, 2.45) is 5.92 Å². The van der Waals surface area contributed by atoms with Gasteiger partial charge in [0, 0.05) is 0 Å². The Morgan fingerprint density at radius 3 is 2.54 bits per heavy atom. The standard InChI is InChI=1S/C10H15ClO2/c11-10(5-2-1-3-6-10)8-4-7-13-9(8)12/h8H,1-7H2. The second-order valence-electron chi connectivity index (χ2n) is 4.10. The van der Waals surface area contributed by atoms with Gasteiger partial charge in [-0.2, -0.15) is 0 Å². The van der Waals surface area contributed by atoms with Crippen LogP contribution < -0.4 is 0 Å². The van der Waals surface area contributed by atoms with Crippen LogP contribution in [0.2, 0.25) is 0 Å². The lowest BCUT2D eigenvalue weighted by molar-refractivity contribution is -0.142. The molecule has 0 radical (unpaired) electrons. The average molecular weight is 203 g/mol. The first-order valence-corrected chi connectivity index (χ1v) is 5.46. The molecule has 1 aliphatic carbocycles. The van der Waals surface area contributed by atoms with Crippen molar-refractivity contribution in [1.29, 1.82) is 0 Å². The van der Waals surface area contributed by atoms with Crippen LogP contribution in [0.25, 0.3) is 0 Å². The molecule has 0 N–H and O–H groups in total. The molecule has 1 unspecified atom stereocenters. The molecule has 3 heteroatoms. The van der Waals surface area contributed by atoms with Crippen LogP contribution in [-0.4, -0.2) is 17.5 Å². The van der Waals surface area contributed by atoms with E-state index in [4.69, 9.17) is 16.3 Å². The molecule has 2 nitrogen and oxygen atoms in total. The summed E-state index contributed by atoms with van der Waals surface area (Å²) in [5, 5.41) is 0. The molecular formula is C10H15ClO2. The predicted octanol–water partition coefficient (Wildman–Crippen LogP) is 2.49. The normalized spacial score (nSPS) is 33.0. The third-order valence-electron chi connectivity index (χ3n) is 3.24. The zero-order chi connectivity index (χ0) is 9.31. The summed E-state index contributed by atoms with van der Waals surface area (Å²) in [5.74, 6) is -0.105. The Morgan fingerprint density at radius 1 is 1.31 bits per heavy atom. The van der Waals surface area contributed by atoms with E-state index < -0.39 is 0 Å². The van der Waals surface area contributed by atoms with Gasteiger partial charge >= 0.3 is 5.97 Å².